The van der Waals surface area contributed by atoms with E-state index in [-0.39, 0.29) is 17.9 Å². The summed E-state index contributed by atoms with van der Waals surface area (Å²) in [5.41, 5.74) is 0.402. The van der Waals surface area contributed by atoms with Crippen LogP contribution < -0.4 is 0 Å². The van der Waals surface area contributed by atoms with Gasteiger partial charge in [0.25, 0.3) is 0 Å². The van der Waals surface area contributed by atoms with Crippen LogP contribution >= 0.6 is 0 Å². The van der Waals surface area contributed by atoms with Crippen LogP contribution in [-0.4, -0.2) is 90.7 Å². The molecule has 0 aliphatic carbocycles. The van der Waals surface area contributed by atoms with E-state index in [0.717, 1.165) is 18.7 Å². The summed E-state index contributed by atoms with van der Waals surface area (Å²) >= 11 is 0. The van der Waals surface area contributed by atoms with Gasteiger partial charge in [-0.15, -0.1) is 0 Å². The number of aliphatic hydroxyl groups is 1. The fraction of sp³-hybridized carbons (Fsp3) is 0.636. The van der Waals surface area contributed by atoms with Gasteiger partial charge in [-0.2, -0.15) is 0 Å². The highest BCUT2D eigenvalue weighted by Crippen LogP contribution is 2.46. The molecule has 0 aromatic heterocycles. The van der Waals surface area contributed by atoms with E-state index in [1.807, 2.05) is 35.2 Å². The van der Waals surface area contributed by atoms with Crippen LogP contribution in [0.4, 0.5) is 0 Å². The summed E-state index contributed by atoms with van der Waals surface area (Å²) in [5.74, 6) is 0.220. The highest BCUT2D eigenvalue weighted by molar-refractivity contribution is 5.85. The molecular formula is C22H31N3O4. The number of hydrogen-bond acceptors (Lipinski definition) is 5. The number of nitrogens with zero attached hydrogens (tertiary/aromatic N) is 3. The minimum absolute atomic E-state index is 0.0944. The fourth-order valence-corrected chi connectivity index (χ4v) is 5.11. The van der Waals surface area contributed by atoms with Gasteiger partial charge in [0.15, 0.2) is 0 Å². The minimum Gasteiger partial charge on any atom is -0.391 e. The van der Waals surface area contributed by atoms with E-state index in [1.54, 1.807) is 11.9 Å². The molecule has 3 heterocycles. The Morgan fingerprint density at radius 2 is 1.79 bits per heavy atom. The summed E-state index contributed by atoms with van der Waals surface area (Å²) in [5, 5.41) is 10.9. The fourth-order valence-electron chi connectivity index (χ4n) is 5.11. The Kier molecular flexibility index (Phi) is 5.90. The first kappa shape index (κ1) is 20.3. The third-order valence-electron chi connectivity index (χ3n) is 6.83. The van der Waals surface area contributed by atoms with Gasteiger partial charge in [0.1, 0.15) is 0 Å². The second-order valence-corrected chi connectivity index (χ2v) is 8.59. The number of carbonyl (C=O) groups is 2. The lowest BCUT2D eigenvalue weighted by molar-refractivity contribution is -0.163. The smallest absolute Gasteiger partial charge is 0.236 e. The maximum absolute atomic E-state index is 13.3. The van der Waals surface area contributed by atoms with E-state index in [0.29, 0.717) is 52.1 Å². The van der Waals surface area contributed by atoms with Crippen molar-refractivity contribution in [3.8, 4) is 0 Å². The molecule has 0 unspecified atom stereocenters. The molecule has 1 spiro atoms. The number of hydrogen-bond donors (Lipinski definition) is 1. The molecule has 3 aliphatic heterocycles. The molecule has 0 radical (unpaired) electrons. The standard InChI is InChI=1S/C22H31N3O4/c1-23-20(17-5-3-2-4-6-17)18(26)15-22(21(23)28)7-9-25(10-8-22)19(27)16-24-11-13-29-14-12-24/h2-6,18,20,26H,7-16H2,1H3/t18-,20+/m1/s1. The summed E-state index contributed by atoms with van der Waals surface area (Å²) in [6.45, 7) is 4.51. The third kappa shape index (κ3) is 4.04. The second kappa shape index (κ2) is 8.42. The number of rotatable bonds is 3. The van der Waals surface area contributed by atoms with E-state index in [1.165, 1.54) is 0 Å². The molecule has 4 rings (SSSR count). The quantitative estimate of drug-likeness (QED) is 0.815. The molecule has 1 aromatic carbocycles. The first-order valence-electron chi connectivity index (χ1n) is 10.6. The van der Waals surface area contributed by atoms with Crippen LogP contribution in [0.25, 0.3) is 0 Å². The van der Waals surface area contributed by atoms with Crippen molar-refractivity contribution < 1.29 is 19.4 Å². The van der Waals surface area contributed by atoms with E-state index in [9.17, 15) is 14.7 Å². The van der Waals surface area contributed by atoms with Gasteiger partial charge in [-0.25, -0.2) is 0 Å². The third-order valence-corrected chi connectivity index (χ3v) is 6.83. The summed E-state index contributed by atoms with van der Waals surface area (Å²) < 4.78 is 5.34. The zero-order chi connectivity index (χ0) is 20.4. The lowest BCUT2D eigenvalue weighted by atomic mass is 9.68. The van der Waals surface area contributed by atoms with Crippen LogP contribution in [0, 0.1) is 5.41 Å². The number of amides is 2. The highest BCUT2D eigenvalue weighted by Gasteiger charge is 2.51. The van der Waals surface area contributed by atoms with Gasteiger partial charge in [-0.1, -0.05) is 30.3 Å². The Morgan fingerprint density at radius 1 is 1.14 bits per heavy atom. The van der Waals surface area contributed by atoms with Crippen LogP contribution in [0.15, 0.2) is 30.3 Å². The van der Waals surface area contributed by atoms with E-state index in [2.05, 4.69) is 4.90 Å². The molecule has 1 N–H and O–H groups in total. The molecular weight excluding hydrogens is 370 g/mol. The second-order valence-electron chi connectivity index (χ2n) is 8.59. The topological polar surface area (TPSA) is 73.3 Å². The van der Waals surface area contributed by atoms with Gasteiger partial charge in [0.2, 0.25) is 11.8 Å². The van der Waals surface area contributed by atoms with Crippen LogP contribution in [0.2, 0.25) is 0 Å². The number of ether oxygens (including phenoxy) is 1. The van der Waals surface area contributed by atoms with Crippen molar-refractivity contribution in [1.82, 2.24) is 14.7 Å². The lowest BCUT2D eigenvalue weighted by Crippen LogP contribution is -2.58. The van der Waals surface area contributed by atoms with Gasteiger partial charge in [-0.05, 0) is 24.8 Å². The number of likely N-dealkylation sites (N-methyl/N-ethyl adjacent to an activating group) is 1. The first-order chi connectivity index (χ1) is 14.0. The number of likely N-dealkylation sites (tertiary alicyclic amines) is 2. The molecule has 0 bridgehead atoms. The summed E-state index contributed by atoms with van der Waals surface area (Å²) in [6, 6.07) is 9.42. The summed E-state index contributed by atoms with van der Waals surface area (Å²) in [6.07, 6.45) is 1.09. The van der Waals surface area contributed by atoms with Crippen molar-refractivity contribution in [2.45, 2.75) is 31.4 Å². The predicted molar refractivity (Wildman–Crippen MR) is 108 cm³/mol. The van der Waals surface area contributed by atoms with Crippen molar-refractivity contribution in [2.75, 3.05) is 53.0 Å². The Bertz CT molecular complexity index is 727. The average molecular weight is 402 g/mol. The Balaban J connectivity index is 1.39. The molecule has 7 nitrogen and oxygen atoms in total. The van der Waals surface area contributed by atoms with Crippen LogP contribution in [0.5, 0.6) is 0 Å². The lowest BCUT2D eigenvalue weighted by Gasteiger charge is -2.50. The number of piperidine rings is 2. The molecule has 1 aromatic rings. The first-order valence-corrected chi connectivity index (χ1v) is 10.6. The van der Waals surface area contributed by atoms with Crippen molar-refractivity contribution in [1.29, 1.82) is 0 Å². The van der Waals surface area contributed by atoms with Gasteiger partial charge in [0.05, 0.1) is 37.3 Å². The van der Waals surface area contributed by atoms with Gasteiger partial charge in [0, 0.05) is 33.2 Å². The molecule has 29 heavy (non-hydrogen) atoms. The summed E-state index contributed by atoms with van der Waals surface area (Å²) in [4.78, 5) is 31.7. The molecule has 3 aliphatic rings. The number of aliphatic hydroxyl groups excluding tert-OH is 1. The molecule has 3 fully saturated rings. The largest absolute Gasteiger partial charge is 0.391 e. The SMILES string of the molecule is CN1C(=O)C2(CCN(C(=O)CN3CCOCC3)CC2)C[C@@H](O)[C@@H]1c1ccccc1. The summed E-state index contributed by atoms with van der Waals surface area (Å²) in [7, 11) is 1.79. The van der Waals surface area contributed by atoms with Crippen molar-refractivity contribution in [3.63, 3.8) is 0 Å². The minimum atomic E-state index is -0.601. The van der Waals surface area contributed by atoms with Crippen molar-refractivity contribution in [2.24, 2.45) is 5.41 Å². The number of morpholine rings is 1. The van der Waals surface area contributed by atoms with Gasteiger partial charge >= 0.3 is 0 Å². The molecule has 3 saturated heterocycles. The van der Waals surface area contributed by atoms with Crippen LogP contribution in [0.3, 0.4) is 0 Å². The van der Waals surface area contributed by atoms with Gasteiger partial charge < -0.3 is 19.6 Å². The van der Waals surface area contributed by atoms with E-state index < -0.39 is 11.5 Å². The Labute approximate surface area is 172 Å². The van der Waals surface area contributed by atoms with E-state index in [4.69, 9.17) is 4.74 Å². The Hall–Kier alpha value is -1.96. The maximum atomic E-state index is 13.3. The number of benzene rings is 1. The van der Waals surface area contributed by atoms with Crippen LogP contribution in [0.1, 0.15) is 30.9 Å². The maximum Gasteiger partial charge on any atom is 0.236 e. The molecule has 2 atom stereocenters. The molecule has 2 amide bonds. The zero-order valence-corrected chi connectivity index (χ0v) is 17.1. The van der Waals surface area contributed by atoms with Crippen LogP contribution in [-0.2, 0) is 14.3 Å². The monoisotopic (exact) mass is 401 g/mol. The highest BCUT2D eigenvalue weighted by atomic mass is 16.5. The number of carbonyl (C=O) groups excluding carboxylic acids is 2. The average Bonchev–Trinajstić information content (AvgIpc) is 2.74. The molecule has 7 heteroatoms. The molecule has 158 valence electrons. The van der Waals surface area contributed by atoms with Crippen molar-refractivity contribution in [3.05, 3.63) is 35.9 Å². The Morgan fingerprint density at radius 3 is 2.45 bits per heavy atom. The van der Waals surface area contributed by atoms with E-state index >= 15 is 0 Å². The van der Waals surface area contributed by atoms with Crippen molar-refractivity contribution >= 4 is 11.8 Å². The zero-order valence-electron chi connectivity index (χ0n) is 17.1. The molecule has 0 saturated carbocycles. The predicted octanol–water partition coefficient (Wildman–Crippen LogP) is 0.892. The van der Waals surface area contributed by atoms with Gasteiger partial charge in [-0.3, -0.25) is 14.5 Å². The normalized spacial score (nSPS) is 28.0.